The second-order valence-corrected chi connectivity index (χ2v) is 5.17. The first-order valence-electron chi connectivity index (χ1n) is 7.79. The van der Waals surface area contributed by atoms with E-state index in [2.05, 4.69) is 0 Å². The van der Waals surface area contributed by atoms with Gasteiger partial charge in [-0.25, -0.2) is 0 Å². The smallest absolute Gasteiger partial charge is 0.545 e. The quantitative estimate of drug-likeness (QED) is 0.484. The molecule has 0 atom stereocenters. The fourth-order valence-corrected chi connectivity index (χ4v) is 1.92. The number of phenols is 2. The van der Waals surface area contributed by atoms with Crippen LogP contribution >= 0.6 is 0 Å². The number of carbonyl (C=O) groups is 2. The number of benzene rings is 2. The summed E-state index contributed by atoms with van der Waals surface area (Å²) >= 11 is 0. The van der Waals surface area contributed by atoms with Gasteiger partial charge in [0.15, 0.2) is 23.0 Å². The van der Waals surface area contributed by atoms with Gasteiger partial charge in [-0.15, -0.1) is 0 Å². The zero-order valence-electron chi connectivity index (χ0n) is 15.8. The van der Waals surface area contributed by atoms with Crippen molar-refractivity contribution in [3.8, 4) is 23.0 Å². The number of hydrogen-bond donors (Lipinski definition) is 2. The minimum atomic E-state index is -1.27. The number of carbonyl (C=O) groups excluding carboxylic acids is 2. The van der Waals surface area contributed by atoms with Gasteiger partial charge in [0.25, 0.3) is 0 Å². The van der Waals surface area contributed by atoms with Gasteiger partial charge in [-0.1, -0.05) is 24.3 Å². The predicted octanol–water partition coefficient (Wildman–Crippen LogP) is -0.0530. The summed E-state index contributed by atoms with van der Waals surface area (Å²) in [6.45, 7) is 0. The Bertz CT molecular complexity index is 817. The predicted molar refractivity (Wildman–Crippen MR) is 103 cm³/mol. The number of ether oxygens (including phenoxy) is 2. The van der Waals surface area contributed by atoms with Crippen molar-refractivity contribution in [3.63, 3.8) is 0 Å². The first-order chi connectivity index (χ1) is 13.3. The Kier molecular flexibility index (Phi) is 12.2. The molecule has 148 valence electrons. The number of carboxylic acid groups (broad SMARTS) is 2. The van der Waals surface area contributed by atoms with E-state index >= 15 is 0 Å². The van der Waals surface area contributed by atoms with Crippen LogP contribution in [0, 0.1) is 0 Å². The van der Waals surface area contributed by atoms with E-state index < -0.39 is 11.9 Å². The van der Waals surface area contributed by atoms with Crippen LogP contribution in [-0.4, -0.2) is 74.1 Å². The Morgan fingerprint density at radius 1 is 0.793 bits per heavy atom. The molecule has 0 aromatic heterocycles. The number of hydrogen-bond acceptors (Lipinski definition) is 8. The van der Waals surface area contributed by atoms with E-state index in [1.165, 1.54) is 50.6 Å². The molecule has 2 aromatic rings. The fourth-order valence-electron chi connectivity index (χ4n) is 1.92. The largest absolute Gasteiger partial charge is 2.00 e. The topological polar surface area (TPSA) is 139 Å². The van der Waals surface area contributed by atoms with E-state index in [0.717, 1.165) is 12.2 Å². The van der Waals surface area contributed by atoms with Crippen molar-refractivity contribution in [1.82, 2.24) is 0 Å². The van der Waals surface area contributed by atoms with Crippen molar-refractivity contribution in [2.24, 2.45) is 0 Å². The monoisotopic (exact) mass is 426 g/mol. The van der Waals surface area contributed by atoms with Crippen molar-refractivity contribution in [2.75, 3.05) is 14.2 Å². The van der Waals surface area contributed by atoms with E-state index in [9.17, 15) is 30.0 Å². The third kappa shape index (κ3) is 9.89. The van der Waals surface area contributed by atoms with E-state index in [-0.39, 0.29) is 49.2 Å². The summed E-state index contributed by atoms with van der Waals surface area (Å²) in [5.74, 6) is -1.92. The number of aromatic hydroxyl groups is 2. The molecule has 0 amide bonds. The maximum Gasteiger partial charge on any atom is 2.00 e. The number of methoxy groups -OCH3 is 2. The zero-order valence-corrected chi connectivity index (χ0v) is 18.0. The third-order valence-corrected chi connectivity index (χ3v) is 3.23. The molecule has 0 saturated carbocycles. The van der Waals surface area contributed by atoms with Crippen LogP contribution < -0.4 is 19.7 Å². The molecule has 0 spiro atoms. The molecule has 2 N–H and O–H groups in total. The standard InChI is InChI=1S/2C10H10O4.Ca/c2*1-14-9-6-7(2-4-8(9)11)3-5-10(12)13;/h2*2-6,11H,1H3,(H,12,13);/q;;+2/p-2/b2*5-3+;. The molecule has 29 heavy (non-hydrogen) atoms. The van der Waals surface area contributed by atoms with Crippen molar-refractivity contribution in [3.05, 3.63) is 59.7 Å². The van der Waals surface area contributed by atoms with Gasteiger partial charge in [-0.05, 0) is 47.5 Å². The molecule has 0 fully saturated rings. The van der Waals surface area contributed by atoms with Crippen LogP contribution in [0.5, 0.6) is 23.0 Å². The molecule has 0 heterocycles. The molecule has 0 aliphatic heterocycles. The second-order valence-electron chi connectivity index (χ2n) is 5.17. The Hall–Kier alpha value is -2.68. The third-order valence-electron chi connectivity index (χ3n) is 3.23. The van der Waals surface area contributed by atoms with Gasteiger partial charge in [0.05, 0.1) is 26.2 Å². The molecular weight excluding hydrogens is 408 g/mol. The molecular formula is C20H18CaO8. The summed E-state index contributed by atoms with van der Waals surface area (Å²) in [7, 11) is 2.84. The van der Waals surface area contributed by atoms with Crippen LogP contribution in [0.3, 0.4) is 0 Å². The fraction of sp³-hybridized carbons (Fsp3) is 0.100. The van der Waals surface area contributed by atoms with Gasteiger partial charge < -0.3 is 39.5 Å². The summed E-state index contributed by atoms with van der Waals surface area (Å²) in [6, 6.07) is 9.03. The van der Waals surface area contributed by atoms with E-state index in [4.69, 9.17) is 9.47 Å². The molecule has 9 heteroatoms. The van der Waals surface area contributed by atoms with E-state index in [0.29, 0.717) is 22.6 Å². The maximum absolute atomic E-state index is 10.1. The molecule has 0 aliphatic carbocycles. The first-order valence-corrected chi connectivity index (χ1v) is 7.79. The minimum absolute atomic E-state index is 0. The molecule has 0 radical (unpaired) electrons. The molecule has 0 bridgehead atoms. The van der Waals surface area contributed by atoms with Crippen LogP contribution in [0.2, 0.25) is 0 Å². The molecule has 2 rings (SSSR count). The Balaban J connectivity index is 0.000000523. The maximum atomic E-state index is 10.1. The van der Waals surface area contributed by atoms with Crippen molar-refractivity contribution >= 4 is 61.8 Å². The first kappa shape index (κ1) is 26.3. The summed E-state index contributed by atoms with van der Waals surface area (Å²) in [5.41, 5.74) is 1.23. The molecule has 0 unspecified atom stereocenters. The number of rotatable bonds is 6. The van der Waals surface area contributed by atoms with Crippen LogP contribution in [-0.2, 0) is 9.59 Å². The van der Waals surface area contributed by atoms with Crippen molar-refractivity contribution in [2.45, 2.75) is 0 Å². The van der Waals surface area contributed by atoms with Crippen LogP contribution in [0.25, 0.3) is 12.2 Å². The van der Waals surface area contributed by atoms with E-state index in [1.54, 1.807) is 12.1 Å². The normalized spacial score (nSPS) is 10.0. The summed E-state index contributed by atoms with van der Waals surface area (Å²) in [5, 5.41) is 38.7. The SMILES string of the molecule is COc1cc(/C=C/C(=O)[O-])ccc1O.COc1cc(/C=C/C(=O)[O-])ccc1O.[Ca+2]. The molecule has 2 aromatic carbocycles. The summed E-state index contributed by atoms with van der Waals surface area (Å²) < 4.78 is 9.69. The molecule has 8 nitrogen and oxygen atoms in total. The van der Waals surface area contributed by atoms with Crippen molar-refractivity contribution in [1.29, 1.82) is 0 Å². The minimum Gasteiger partial charge on any atom is -0.545 e. The second kappa shape index (κ2) is 13.5. The van der Waals surface area contributed by atoms with Gasteiger partial charge in [-0.3, -0.25) is 0 Å². The zero-order chi connectivity index (χ0) is 21.1. The van der Waals surface area contributed by atoms with Crippen LogP contribution in [0.4, 0.5) is 0 Å². The average molecular weight is 426 g/mol. The Morgan fingerprint density at radius 2 is 1.14 bits per heavy atom. The summed E-state index contributed by atoms with van der Waals surface area (Å²) in [6.07, 6.45) is 4.53. The number of carboxylic acids is 2. The number of aliphatic carboxylic acids is 2. The Morgan fingerprint density at radius 3 is 1.41 bits per heavy atom. The average Bonchev–Trinajstić information content (AvgIpc) is 2.67. The van der Waals surface area contributed by atoms with Crippen LogP contribution in [0.15, 0.2) is 48.6 Å². The Labute approximate surface area is 197 Å². The van der Waals surface area contributed by atoms with Crippen LogP contribution in [0.1, 0.15) is 11.1 Å². The van der Waals surface area contributed by atoms with E-state index in [1.807, 2.05) is 0 Å². The van der Waals surface area contributed by atoms with Gasteiger partial charge in [0.1, 0.15) is 0 Å². The molecule has 0 aliphatic rings. The molecule has 0 saturated heterocycles. The summed E-state index contributed by atoms with van der Waals surface area (Å²) in [4.78, 5) is 20.2. The van der Waals surface area contributed by atoms with Gasteiger partial charge in [0.2, 0.25) is 0 Å². The van der Waals surface area contributed by atoms with Gasteiger partial charge >= 0.3 is 37.7 Å². The van der Waals surface area contributed by atoms with Crippen molar-refractivity contribution < 1.29 is 39.5 Å². The van der Waals surface area contributed by atoms with Gasteiger partial charge in [0, 0.05) is 0 Å². The van der Waals surface area contributed by atoms with Gasteiger partial charge in [-0.2, -0.15) is 0 Å². The number of phenolic OH excluding ortho intramolecular Hbond substituents is 2.